The fourth-order valence-electron chi connectivity index (χ4n) is 4.18. The minimum atomic E-state index is -0.960. The summed E-state index contributed by atoms with van der Waals surface area (Å²) in [5.74, 6) is -0.588. The molecule has 0 aliphatic carbocycles. The van der Waals surface area contributed by atoms with Crippen LogP contribution < -0.4 is 5.32 Å². The number of benzene rings is 3. The fraction of sp³-hybridized carbons (Fsp3) is 0.286. The molecule has 1 saturated heterocycles. The molecule has 0 saturated carbocycles. The molecule has 4 unspecified atom stereocenters. The summed E-state index contributed by atoms with van der Waals surface area (Å²) in [7, 11) is 0. The van der Waals surface area contributed by atoms with Crippen molar-refractivity contribution in [2.24, 2.45) is 5.92 Å². The van der Waals surface area contributed by atoms with Crippen LogP contribution in [0.4, 0.5) is 5.69 Å². The van der Waals surface area contributed by atoms with E-state index in [0.29, 0.717) is 16.3 Å². The lowest BCUT2D eigenvalue weighted by atomic mass is 9.91. The van der Waals surface area contributed by atoms with Gasteiger partial charge in [-0.05, 0) is 35.4 Å². The normalized spacial score (nSPS) is 21.6. The van der Waals surface area contributed by atoms with Crippen LogP contribution in [-0.2, 0) is 20.9 Å². The van der Waals surface area contributed by atoms with Gasteiger partial charge in [-0.3, -0.25) is 4.79 Å². The summed E-state index contributed by atoms with van der Waals surface area (Å²) in [4.78, 5) is 23.7. The maximum Gasteiger partial charge on any atom is 0.336 e. The summed E-state index contributed by atoms with van der Waals surface area (Å²) in [6.07, 6.45) is -1.14. The highest BCUT2D eigenvalue weighted by molar-refractivity contribution is 7.99. The average Bonchev–Trinajstić information content (AvgIpc) is 2.88. The molecule has 3 aromatic carbocycles. The molecule has 36 heavy (non-hydrogen) atoms. The van der Waals surface area contributed by atoms with E-state index in [2.05, 4.69) is 12.2 Å². The minimum Gasteiger partial charge on any atom is -0.478 e. The van der Waals surface area contributed by atoms with Crippen LogP contribution >= 0.6 is 11.8 Å². The van der Waals surface area contributed by atoms with E-state index in [1.165, 1.54) is 18.7 Å². The number of aliphatic hydroxyl groups is 1. The van der Waals surface area contributed by atoms with Crippen LogP contribution in [0.3, 0.4) is 0 Å². The molecule has 0 radical (unpaired) electrons. The van der Waals surface area contributed by atoms with Crippen molar-refractivity contribution in [3.05, 3.63) is 95.1 Å². The number of carbonyl (C=O) groups excluding carboxylic acids is 1. The molecule has 0 spiro atoms. The number of ether oxygens (including phenoxy) is 2. The smallest absolute Gasteiger partial charge is 0.336 e. The van der Waals surface area contributed by atoms with Gasteiger partial charge in [0.05, 0.1) is 24.4 Å². The second-order valence-electron chi connectivity index (χ2n) is 8.74. The van der Waals surface area contributed by atoms with Gasteiger partial charge < -0.3 is 25.0 Å². The van der Waals surface area contributed by atoms with Crippen LogP contribution in [0.1, 0.15) is 53.3 Å². The third kappa shape index (κ3) is 6.14. The number of hydrogen-bond donors (Lipinski definition) is 3. The Labute approximate surface area is 214 Å². The number of carbonyl (C=O) groups is 2. The first kappa shape index (κ1) is 25.9. The van der Waals surface area contributed by atoms with Crippen LogP contribution in [0.5, 0.6) is 0 Å². The third-order valence-electron chi connectivity index (χ3n) is 6.15. The molecule has 0 aromatic heterocycles. The number of rotatable bonds is 8. The monoisotopic (exact) mass is 507 g/mol. The van der Waals surface area contributed by atoms with Gasteiger partial charge in [0.25, 0.3) is 0 Å². The summed E-state index contributed by atoms with van der Waals surface area (Å²) in [6, 6.07) is 22.0. The lowest BCUT2D eigenvalue weighted by Crippen LogP contribution is -2.38. The molecule has 1 aliphatic rings. The number of thioether (sulfide) groups is 1. The maximum absolute atomic E-state index is 11.6. The second-order valence-corrected chi connectivity index (χ2v) is 9.80. The van der Waals surface area contributed by atoms with Crippen molar-refractivity contribution in [2.45, 2.75) is 43.8 Å². The number of amides is 1. The van der Waals surface area contributed by atoms with Gasteiger partial charge in [0.15, 0.2) is 6.29 Å². The Morgan fingerprint density at radius 1 is 0.944 bits per heavy atom. The Balaban J connectivity index is 1.59. The zero-order valence-corrected chi connectivity index (χ0v) is 20.9. The summed E-state index contributed by atoms with van der Waals surface area (Å²) >= 11 is 1.45. The molecule has 0 bridgehead atoms. The number of anilines is 1. The van der Waals surface area contributed by atoms with E-state index in [1.807, 2.05) is 42.5 Å². The van der Waals surface area contributed by atoms with E-state index < -0.39 is 12.3 Å². The molecule has 3 aromatic rings. The molecule has 7 nitrogen and oxygen atoms in total. The van der Waals surface area contributed by atoms with E-state index in [4.69, 9.17) is 9.47 Å². The third-order valence-corrected chi connectivity index (χ3v) is 7.31. The first-order valence-electron chi connectivity index (χ1n) is 11.7. The maximum atomic E-state index is 11.6. The van der Waals surface area contributed by atoms with Gasteiger partial charge in [0.2, 0.25) is 5.91 Å². The Hall–Kier alpha value is -3.17. The number of aliphatic hydroxyl groups excluding tert-OH is 1. The summed E-state index contributed by atoms with van der Waals surface area (Å²) in [5, 5.41) is 21.7. The largest absolute Gasteiger partial charge is 0.478 e. The highest BCUT2D eigenvalue weighted by atomic mass is 32.2. The quantitative estimate of drug-likeness (QED) is 0.350. The number of aromatic carboxylic acids is 1. The Bertz CT molecular complexity index is 1200. The van der Waals surface area contributed by atoms with Crippen molar-refractivity contribution in [3.8, 4) is 0 Å². The van der Waals surface area contributed by atoms with E-state index in [0.717, 1.165) is 16.7 Å². The number of nitrogens with one attached hydrogen (secondary N) is 1. The van der Waals surface area contributed by atoms with Crippen LogP contribution in [0, 0.1) is 5.92 Å². The van der Waals surface area contributed by atoms with E-state index in [-0.39, 0.29) is 36.2 Å². The van der Waals surface area contributed by atoms with Crippen LogP contribution in [-0.4, -0.2) is 33.9 Å². The number of carboxylic acid groups (broad SMARTS) is 1. The molecule has 1 amide bonds. The molecule has 4 rings (SSSR count). The number of hydrogen-bond acceptors (Lipinski definition) is 6. The first-order valence-corrected chi connectivity index (χ1v) is 12.7. The number of carboxylic acids is 1. The van der Waals surface area contributed by atoms with Crippen molar-refractivity contribution in [3.63, 3.8) is 0 Å². The highest BCUT2D eigenvalue weighted by Gasteiger charge is 2.38. The van der Waals surface area contributed by atoms with Gasteiger partial charge >= 0.3 is 5.97 Å². The second kappa shape index (κ2) is 11.7. The van der Waals surface area contributed by atoms with Gasteiger partial charge in [0, 0.05) is 34.7 Å². The molecule has 188 valence electrons. The van der Waals surface area contributed by atoms with E-state index in [1.54, 1.807) is 30.3 Å². The van der Waals surface area contributed by atoms with Crippen molar-refractivity contribution < 1.29 is 29.3 Å². The molecule has 1 fully saturated rings. The van der Waals surface area contributed by atoms with Crippen LogP contribution in [0.2, 0.25) is 0 Å². The van der Waals surface area contributed by atoms with Crippen molar-refractivity contribution in [1.29, 1.82) is 0 Å². The van der Waals surface area contributed by atoms with E-state index >= 15 is 0 Å². The van der Waals surface area contributed by atoms with E-state index in [9.17, 15) is 19.8 Å². The van der Waals surface area contributed by atoms with Gasteiger partial charge in [-0.15, -0.1) is 11.8 Å². The average molecular weight is 508 g/mol. The van der Waals surface area contributed by atoms with Crippen molar-refractivity contribution in [2.75, 3.05) is 11.1 Å². The molecule has 8 heteroatoms. The lowest BCUT2D eigenvalue weighted by Gasteiger charge is -2.41. The SMILES string of the molecule is CC(=O)Nc1ccc(C2OC(CSc3ccccc3C(=O)O)C(C)C(c3ccc(CO)cc3)O2)cc1. The summed E-state index contributed by atoms with van der Waals surface area (Å²) in [6.45, 7) is 3.49. The molecule has 4 atom stereocenters. The molecule has 1 aliphatic heterocycles. The van der Waals surface area contributed by atoms with Crippen molar-refractivity contribution in [1.82, 2.24) is 0 Å². The zero-order valence-electron chi connectivity index (χ0n) is 20.1. The highest BCUT2D eigenvalue weighted by Crippen LogP contribution is 2.43. The molecular formula is C28H29NO6S. The lowest BCUT2D eigenvalue weighted by molar-refractivity contribution is -0.268. The molecular weight excluding hydrogens is 478 g/mol. The Kier molecular flexibility index (Phi) is 8.43. The predicted molar refractivity (Wildman–Crippen MR) is 138 cm³/mol. The Morgan fingerprint density at radius 3 is 2.25 bits per heavy atom. The van der Waals surface area contributed by atoms with Gasteiger partial charge in [-0.25, -0.2) is 4.79 Å². The molecule has 1 heterocycles. The predicted octanol–water partition coefficient (Wildman–Crippen LogP) is 5.42. The summed E-state index contributed by atoms with van der Waals surface area (Å²) in [5.41, 5.74) is 3.56. The van der Waals surface area contributed by atoms with Crippen molar-refractivity contribution >= 4 is 29.3 Å². The first-order chi connectivity index (χ1) is 17.4. The Morgan fingerprint density at radius 2 is 1.61 bits per heavy atom. The van der Waals surface area contributed by atoms with Gasteiger partial charge in [0.1, 0.15) is 0 Å². The zero-order chi connectivity index (χ0) is 25.7. The fourth-order valence-corrected chi connectivity index (χ4v) is 5.39. The molecule has 3 N–H and O–H groups in total. The topological polar surface area (TPSA) is 105 Å². The minimum absolute atomic E-state index is 0.0237. The van der Waals surface area contributed by atoms with Crippen LogP contribution in [0.25, 0.3) is 0 Å². The van der Waals surface area contributed by atoms with Gasteiger partial charge in [-0.1, -0.05) is 55.5 Å². The van der Waals surface area contributed by atoms with Gasteiger partial charge in [-0.2, -0.15) is 0 Å². The standard InChI is InChI=1S/C28H29NO6S/c1-17-24(16-36-25-6-4-3-5-23(25)27(32)33)34-28(21-11-13-22(14-12-21)29-18(2)31)35-26(17)20-9-7-19(15-30)8-10-20/h3-14,17,24,26,28,30H,15-16H2,1-2H3,(H,29,31)(H,32,33). The van der Waals surface area contributed by atoms with Crippen LogP contribution in [0.15, 0.2) is 77.7 Å². The summed E-state index contributed by atoms with van der Waals surface area (Å²) < 4.78 is 12.8.